The van der Waals surface area contributed by atoms with Crippen LogP contribution in [0.1, 0.15) is 37.3 Å². The first-order valence-corrected chi connectivity index (χ1v) is 11.0. The summed E-state index contributed by atoms with van der Waals surface area (Å²) in [6.07, 6.45) is 7.96. The number of hydrogen-bond donors (Lipinski definition) is 0. The van der Waals surface area contributed by atoms with Crippen LogP contribution in [-0.2, 0) is 16.6 Å². The van der Waals surface area contributed by atoms with Crippen molar-refractivity contribution in [2.24, 2.45) is 7.05 Å². The number of nitrogens with zero attached hydrogens (tertiary/aromatic N) is 4. The maximum absolute atomic E-state index is 13.2. The number of aromatic nitrogens is 2. The van der Waals surface area contributed by atoms with Gasteiger partial charge in [0.25, 0.3) is 0 Å². The number of carbonyl (C=O) groups excluding carboxylic acids is 1. The number of ether oxygens (including phenoxy) is 2. The molecule has 1 amide bonds. The SMILES string of the molecule is Cn1cc([C@H]2[C@H](CN3CCCCC3)OCCN2C(=O)CCOc2ccccc2)cn1. The Kier molecular flexibility index (Phi) is 7.02. The number of benzene rings is 1. The third-order valence-corrected chi connectivity index (χ3v) is 5.95. The Morgan fingerprint density at radius 1 is 1.17 bits per heavy atom. The van der Waals surface area contributed by atoms with Gasteiger partial charge in [0.2, 0.25) is 5.91 Å². The number of amides is 1. The van der Waals surface area contributed by atoms with Crippen LogP contribution in [0.5, 0.6) is 5.75 Å². The zero-order valence-corrected chi connectivity index (χ0v) is 17.8. The number of morpholine rings is 1. The minimum atomic E-state index is -0.112. The van der Waals surface area contributed by atoms with Crippen molar-refractivity contribution in [3.05, 3.63) is 48.3 Å². The number of carbonyl (C=O) groups is 1. The van der Waals surface area contributed by atoms with Gasteiger partial charge in [0.1, 0.15) is 5.75 Å². The van der Waals surface area contributed by atoms with Crippen molar-refractivity contribution in [1.82, 2.24) is 19.6 Å². The molecule has 0 radical (unpaired) electrons. The van der Waals surface area contributed by atoms with E-state index in [0.29, 0.717) is 26.2 Å². The molecular weight excluding hydrogens is 380 g/mol. The molecule has 0 spiro atoms. The number of rotatable bonds is 7. The van der Waals surface area contributed by atoms with Gasteiger partial charge < -0.3 is 19.3 Å². The zero-order valence-electron chi connectivity index (χ0n) is 17.8. The smallest absolute Gasteiger partial charge is 0.226 e. The second kappa shape index (κ2) is 10.1. The van der Waals surface area contributed by atoms with Gasteiger partial charge in [-0.05, 0) is 38.1 Å². The van der Waals surface area contributed by atoms with Crippen LogP contribution in [0.15, 0.2) is 42.7 Å². The van der Waals surface area contributed by atoms with E-state index in [-0.39, 0.29) is 18.1 Å². The van der Waals surface area contributed by atoms with Crippen molar-refractivity contribution in [2.45, 2.75) is 37.8 Å². The third-order valence-electron chi connectivity index (χ3n) is 5.95. The van der Waals surface area contributed by atoms with Crippen LogP contribution in [0.3, 0.4) is 0 Å². The molecule has 0 bridgehead atoms. The Bertz CT molecular complexity index is 804. The lowest BCUT2D eigenvalue weighted by atomic mass is 9.99. The summed E-state index contributed by atoms with van der Waals surface area (Å²) in [7, 11) is 1.91. The quantitative estimate of drug-likeness (QED) is 0.700. The molecule has 0 saturated carbocycles. The molecule has 0 aliphatic carbocycles. The van der Waals surface area contributed by atoms with Crippen LogP contribution in [0.2, 0.25) is 0 Å². The maximum Gasteiger partial charge on any atom is 0.226 e. The summed E-state index contributed by atoms with van der Waals surface area (Å²) in [5.74, 6) is 0.894. The molecule has 162 valence electrons. The molecule has 4 rings (SSSR count). The molecular formula is C23H32N4O3. The predicted octanol–water partition coefficient (Wildman–Crippen LogP) is 2.64. The van der Waals surface area contributed by atoms with Crippen molar-refractivity contribution in [2.75, 3.05) is 39.4 Å². The standard InChI is InChI=1S/C23H32N4O3/c1-25-17-19(16-24-25)23-21(18-26-11-6-3-7-12-26)30-15-13-27(23)22(28)10-14-29-20-8-4-2-5-9-20/h2,4-5,8-9,16-17,21,23H,3,6-7,10-15,18H2,1H3/t21-,23-/m0/s1. The Labute approximate surface area is 178 Å². The topological polar surface area (TPSA) is 59.8 Å². The number of para-hydroxylation sites is 1. The van der Waals surface area contributed by atoms with Crippen LogP contribution in [0.4, 0.5) is 0 Å². The molecule has 7 heteroatoms. The van der Waals surface area contributed by atoms with E-state index >= 15 is 0 Å². The molecule has 30 heavy (non-hydrogen) atoms. The number of likely N-dealkylation sites (tertiary alicyclic amines) is 1. The highest BCUT2D eigenvalue weighted by molar-refractivity contribution is 5.77. The summed E-state index contributed by atoms with van der Waals surface area (Å²) < 4.78 is 13.8. The van der Waals surface area contributed by atoms with Gasteiger partial charge in [-0.3, -0.25) is 9.48 Å². The summed E-state index contributed by atoms with van der Waals surface area (Å²) in [4.78, 5) is 17.6. The lowest BCUT2D eigenvalue weighted by molar-refractivity contribution is -0.149. The average Bonchev–Trinajstić information content (AvgIpc) is 3.21. The van der Waals surface area contributed by atoms with Crippen molar-refractivity contribution < 1.29 is 14.3 Å². The first kappa shape index (κ1) is 20.9. The lowest BCUT2D eigenvalue weighted by Crippen LogP contribution is -2.52. The van der Waals surface area contributed by atoms with Gasteiger partial charge in [-0.25, -0.2) is 0 Å². The predicted molar refractivity (Wildman–Crippen MR) is 114 cm³/mol. The van der Waals surface area contributed by atoms with E-state index in [4.69, 9.17) is 9.47 Å². The summed E-state index contributed by atoms with van der Waals surface area (Å²) in [6, 6.07) is 9.52. The second-order valence-electron chi connectivity index (χ2n) is 8.16. The summed E-state index contributed by atoms with van der Waals surface area (Å²) in [5.41, 5.74) is 1.04. The lowest BCUT2D eigenvalue weighted by Gasteiger charge is -2.43. The molecule has 0 unspecified atom stereocenters. The van der Waals surface area contributed by atoms with Gasteiger partial charge in [-0.2, -0.15) is 5.10 Å². The summed E-state index contributed by atoms with van der Waals surface area (Å²) in [5, 5.41) is 4.35. The Hall–Kier alpha value is -2.38. The first-order valence-electron chi connectivity index (χ1n) is 11.0. The largest absolute Gasteiger partial charge is 0.493 e. The molecule has 2 atom stereocenters. The minimum absolute atomic E-state index is 0.0416. The number of piperidine rings is 1. The average molecular weight is 413 g/mol. The monoisotopic (exact) mass is 412 g/mol. The summed E-state index contributed by atoms with van der Waals surface area (Å²) >= 11 is 0. The fourth-order valence-corrected chi connectivity index (χ4v) is 4.47. The highest BCUT2D eigenvalue weighted by Gasteiger charge is 2.38. The van der Waals surface area contributed by atoms with Crippen molar-refractivity contribution in [1.29, 1.82) is 0 Å². The fourth-order valence-electron chi connectivity index (χ4n) is 4.47. The Balaban J connectivity index is 1.44. The fraction of sp³-hybridized carbons (Fsp3) is 0.565. The highest BCUT2D eigenvalue weighted by atomic mass is 16.5. The maximum atomic E-state index is 13.2. The second-order valence-corrected chi connectivity index (χ2v) is 8.16. The van der Waals surface area contributed by atoms with Gasteiger partial charge >= 0.3 is 0 Å². The molecule has 2 aliphatic heterocycles. The van der Waals surface area contributed by atoms with Gasteiger partial charge in [-0.1, -0.05) is 24.6 Å². The number of hydrogen-bond acceptors (Lipinski definition) is 5. The first-order chi connectivity index (χ1) is 14.7. The zero-order chi connectivity index (χ0) is 20.8. The molecule has 2 aromatic rings. The molecule has 1 aromatic carbocycles. The van der Waals surface area contributed by atoms with E-state index in [1.165, 1.54) is 19.3 Å². The van der Waals surface area contributed by atoms with Crippen molar-refractivity contribution in [3.63, 3.8) is 0 Å². The molecule has 7 nitrogen and oxygen atoms in total. The van der Waals surface area contributed by atoms with E-state index in [9.17, 15) is 4.79 Å². The van der Waals surface area contributed by atoms with Crippen LogP contribution in [0.25, 0.3) is 0 Å². The van der Waals surface area contributed by atoms with Gasteiger partial charge in [0.15, 0.2) is 0 Å². The molecule has 2 saturated heterocycles. The Morgan fingerprint density at radius 3 is 2.70 bits per heavy atom. The van der Waals surface area contributed by atoms with Crippen LogP contribution < -0.4 is 4.74 Å². The van der Waals surface area contributed by atoms with Gasteiger partial charge in [0.05, 0.1) is 38.0 Å². The third kappa shape index (κ3) is 5.21. The molecule has 1 aromatic heterocycles. The molecule has 3 heterocycles. The summed E-state index contributed by atoms with van der Waals surface area (Å²) in [6.45, 7) is 4.61. The van der Waals surface area contributed by atoms with Crippen molar-refractivity contribution >= 4 is 5.91 Å². The highest BCUT2D eigenvalue weighted by Crippen LogP contribution is 2.31. The van der Waals surface area contributed by atoms with E-state index in [1.807, 2.05) is 54.7 Å². The van der Waals surface area contributed by atoms with E-state index in [2.05, 4.69) is 10.00 Å². The molecule has 2 fully saturated rings. The van der Waals surface area contributed by atoms with Gasteiger partial charge in [-0.15, -0.1) is 0 Å². The normalized spacial score (nSPS) is 22.8. The molecule has 2 aliphatic rings. The van der Waals surface area contributed by atoms with Crippen molar-refractivity contribution in [3.8, 4) is 5.75 Å². The van der Waals surface area contributed by atoms with Crippen LogP contribution in [-0.4, -0.2) is 71.0 Å². The molecule has 0 N–H and O–H groups in total. The van der Waals surface area contributed by atoms with Gasteiger partial charge in [0, 0.05) is 31.9 Å². The Morgan fingerprint density at radius 2 is 1.97 bits per heavy atom. The number of aryl methyl sites for hydroxylation is 1. The van der Waals surface area contributed by atoms with E-state index in [1.54, 1.807) is 4.68 Å². The van der Waals surface area contributed by atoms with Crippen LogP contribution in [0, 0.1) is 0 Å². The van der Waals surface area contributed by atoms with Crippen LogP contribution >= 0.6 is 0 Å². The minimum Gasteiger partial charge on any atom is -0.493 e. The van der Waals surface area contributed by atoms with E-state index in [0.717, 1.165) is 30.9 Å². The van der Waals surface area contributed by atoms with E-state index < -0.39 is 0 Å².